The van der Waals surface area contributed by atoms with Gasteiger partial charge in [0.15, 0.2) is 0 Å². The van der Waals surface area contributed by atoms with Gasteiger partial charge < -0.3 is 0 Å². The molecule has 0 bridgehead atoms. The number of hydrogen-bond donors (Lipinski definition) is 0. The zero-order chi connectivity index (χ0) is 10.6. The molecule has 0 aromatic rings. The van der Waals surface area contributed by atoms with Crippen LogP contribution in [0.25, 0.3) is 0 Å². The molecule has 0 radical (unpaired) electrons. The van der Waals surface area contributed by atoms with Crippen LogP contribution in [0.5, 0.6) is 0 Å². The molecule has 0 aliphatic heterocycles. The first-order valence-corrected chi connectivity index (χ1v) is 5.58. The van der Waals surface area contributed by atoms with Gasteiger partial charge in [-0.25, -0.2) is 4.90 Å². The monoisotopic (exact) mass is 220 g/mol. The summed E-state index contributed by atoms with van der Waals surface area (Å²) in [5, 5.41) is 0. The molecule has 13 heavy (non-hydrogen) atoms. The first-order valence-electron chi connectivity index (χ1n) is 3.95. The van der Waals surface area contributed by atoms with Gasteiger partial charge >= 0.3 is 5.96 Å². The summed E-state index contributed by atoms with van der Waals surface area (Å²) in [5.74, 6) is 1.08. The van der Waals surface area contributed by atoms with Crippen LogP contribution in [-0.2, 0) is 0 Å². The third kappa shape index (κ3) is 3.52. The molecule has 5 heteroatoms. The molecule has 0 saturated heterocycles. The summed E-state index contributed by atoms with van der Waals surface area (Å²) in [6.07, 6.45) is 1.99. The van der Waals surface area contributed by atoms with Crippen LogP contribution in [0.3, 0.4) is 0 Å². The highest BCUT2D eigenvalue weighted by Gasteiger charge is 2.21. The predicted octanol–water partition coefficient (Wildman–Crippen LogP) is 0.756. The second kappa shape index (κ2) is 5.44. The van der Waals surface area contributed by atoms with Gasteiger partial charge in [-0.15, -0.1) is 0 Å². The third-order valence-corrected chi connectivity index (χ3v) is 2.95. The fourth-order valence-corrected chi connectivity index (χ4v) is 1.66. The zero-order valence-electron chi connectivity index (χ0n) is 9.16. The molecule has 0 aromatic carbocycles. The molecule has 0 fully saturated rings. The second-order valence-corrected chi connectivity index (χ2v) is 4.56. The van der Waals surface area contributed by atoms with E-state index in [2.05, 4.69) is 0 Å². The molecule has 0 heterocycles. The van der Waals surface area contributed by atoms with E-state index in [-0.39, 0.29) is 0 Å². The number of thiocarbonyl (C=S) groups is 1. The molecule has 0 amide bonds. The highest BCUT2D eigenvalue weighted by molar-refractivity contribution is 8.22. The molecular formula is C8H18N3S2+. The average Bonchev–Trinajstić information content (AvgIpc) is 2.01. The molecule has 0 spiro atoms. The Morgan fingerprint density at radius 1 is 1.23 bits per heavy atom. The van der Waals surface area contributed by atoms with Crippen molar-refractivity contribution in [3.05, 3.63) is 0 Å². The number of guanidine groups is 1. The lowest BCUT2D eigenvalue weighted by Gasteiger charge is -2.20. The second-order valence-electron chi connectivity index (χ2n) is 3.12. The molecule has 0 rings (SSSR count). The smallest absolute Gasteiger partial charge is 0.270 e. The first-order chi connectivity index (χ1) is 5.91. The summed E-state index contributed by atoms with van der Waals surface area (Å²) in [6, 6.07) is 0. The quantitative estimate of drug-likeness (QED) is 0.258. The minimum absolute atomic E-state index is 0.873. The summed E-state index contributed by atoms with van der Waals surface area (Å²) >= 11 is 6.79. The Balaban J connectivity index is 4.79. The van der Waals surface area contributed by atoms with Gasteiger partial charge in [-0.05, 0) is 18.5 Å². The topological polar surface area (TPSA) is 9.49 Å². The fraction of sp³-hybridized carbons (Fsp3) is 0.750. The van der Waals surface area contributed by atoms with Crippen LogP contribution in [0.4, 0.5) is 0 Å². The van der Waals surface area contributed by atoms with Gasteiger partial charge in [0.25, 0.3) is 0 Å². The SMILES string of the molecule is CSC(=S)N(C)C(N(C)C)=[N+](C)C. The van der Waals surface area contributed by atoms with Crippen LogP contribution < -0.4 is 0 Å². The molecule has 0 aliphatic carbocycles. The van der Waals surface area contributed by atoms with Crippen LogP contribution in [0, 0.1) is 0 Å². The number of rotatable bonds is 0. The summed E-state index contributed by atoms with van der Waals surface area (Å²) in [7, 11) is 10.0. The van der Waals surface area contributed by atoms with E-state index >= 15 is 0 Å². The Morgan fingerprint density at radius 2 is 1.69 bits per heavy atom. The Hall–Kier alpha value is -0.290. The minimum Gasteiger partial charge on any atom is -0.270 e. The van der Waals surface area contributed by atoms with E-state index < -0.39 is 0 Å². The maximum absolute atomic E-state index is 5.21. The van der Waals surface area contributed by atoms with Crippen molar-refractivity contribution < 1.29 is 4.58 Å². The molecule has 76 valence electrons. The van der Waals surface area contributed by atoms with E-state index in [0.29, 0.717) is 0 Å². The summed E-state index contributed by atoms with van der Waals surface area (Å²) in [6.45, 7) is 0. The normalized spacial score (nSPS) is 9.38. The summed E-state index contributed by atoms with van der Waals surface area (Å²) in [5.41, 5.74) is 0. The van der Waals surface area contributed by atoms with Gasteiger partial charge in [0.05, 0.1) is 35.2 Å². The highest BCUT2D eigenvalue weighted by Crippen LogP contribution is 2.04. The molecule has 0 unspecified atom stereocenters. The Kier molecular flexibility index (Phi) is 5.32. The summed E-state index contributed by atoms with van der Waals surface area (Å²) < 4.78 is 2.92. The van der Waals surface area contributed by atoms with Crippen molar-refractivity contribution in [1.82, 2.24) is 9.80 Å². The molecule has 0 atom stereocenters. The standard InChI is InChI=1S/C8H18N3S2/c1-9(2)7(10(3)4)11(5)8(12)13-6/h1-6H3/q+1. The average molecular weight is 220 g/mol. The van der Waals surface area contributed by atoms with Crippen molar-refractivity contribution in [2.45, 2.75) is 0 Å². The van der Waals surface area contributed by atoms with Crippen molar-refractivity contribution >= 4 is 34.3 Å². The van der Waals surface area contributed by atoms with Gasteiger partial charge in [-0.3, -0.25) is 9.48 Å². The number of nitrogens with zero attached hydrogens (tertiary/aromatic N) is 3. The van der Waals surface area contributed by atoms with Gasteiger partial charge in [0.2, 0.25) is 4.32 Å². The van der Waals surface area contributed by atoms with Crippen LogP contribution in [-0.4, -0.2) is 66.1 Å². The molecule has 0 saturated carbocycles. The van der Waals surface area contributed by atoms with Crippen molar-refractivity contribution in [1.29, 1.82) is 0 Å². The third-order valence-electron chi connectivity index (χ3n) is 1.55. The lowest BCUT2D eigenvalue weighted by Crippen LogP contribution is -2.44. The van der Waals surface area contributed by atoms with E-state index in [9.17, 15) is 0 Å². The van der Waals surface area contributed by atoms with Crippen LogP contribution in [0.15, 0.2) is 0 Å². The van der Waals surface area contributed by atoms with Crippen LogP contribution >= 0.6 is 24.0 Å². The minimum atomic E-state index is 0.873. The molecular weight excluding hydrogens is 202 g/mol. The Labute approximate surface area is 90.4 Å². The van der Waals surface area contributed by atoms with Gasteiger partial charge in [-0.2, -0.15) is 0 Å². The maximum Gasteiger partial charge on any atom is 0.355 e. The van der Waals surface area contributed by atoms with Gasteiger partial charge in [0, 0.05) is 0 Å². The van der Waals surface area contributed by atoms with Gasteiger partial charge in [0.1, 0.15) is 0 Å². The van der Waals surface area contributed by atoms with E-state index in [1.54, 1.807) is 11.8 Å². The van der Waals surface area contributed by atoms with Crippen LogP contribution in [0.2, 0.25) is 0 Å². The predicted molar refractivity (Wildman–Crippen MR) is 64.7 cm³/mol. The molecule has 0 aliphatic rings. The largest absolute Gasteiger partial charge is 0.355 e. The lowest BCUT2D eigenvalue weighted by molar-refractivity contribution is -0.474. The van der Waals surface area contributed by atoms with Gasteiger partial charge in [-0.1, -0.05) is 11.8 Å². The Bertz CT molecular complexity index is 219. The van der Waals surface area contributed by atoms with Crippen molar-refractivity contribution in [3.63, 3.8) is 0 Å². The van der Waals surface area contributed by atoms with Crippen molar-refractivity contribution in [2.75, 3.05) is 41.5 Å². The molecule has 3 nitrogen and oxygen atoms in total. The molecule has 0 N–H and O–H groups in total. The maximum atomic E-state index is 5.21. The zero-order valence-corrected chi connectivity index (χ0v) is 10.8. The van der Waals surface area contributed by atoms with Crippen LogP contribution in [0.1, 0.15) is 0 Å². The van der Waals surface area contributed by atoms with Crippen molar-refractivity contribution in [3.8, 4) is 0 Å². The van der Waals surface area contributed by atoms with Crippen molar-refractivity contribution in [2.24, 2.45) is 0 Å². The van der Waals surface area contributed by atoms with E-state index in [1.807, 2.05) is 55.9 Å². The first kappa shape index (κ1) is 12.7. The lowest BCUT2D eigenvalue weighted by atomic mass is 10.7. The highest BCUT2D eigenvalue weighted by atomic mass is 32.2. The van der Waals surface area contributed by atoms with E-state index in [0.717, 1.165) is 10.3 Å². The number of thioether (sulfide) groups is 1. The van der Waals surface area contributed by atoms with E-state index in [1.165, 1.54) is 0 Å². The molecule has 0 aromatic heterocycles. The summed E-state index contributed by atoms with van der Waals surface area (Å²) in [4.78, 5) is 4.04. The Morgan fingerprint density at radius 3 is 1.92 bits per heavy atom. The van der Waals surface area contributed by atoms with E-state index in [4.69, 9.17) is 12.2 Å². The fourth-order valence-electron chi connectivity index (χ4n) is 1.22. The number of hydrogen-bond acceptors (Lipinski definition) is 2.